The van der Waals surface area contributed by atoms with E-state index in [4.69, 9.17) is 0 Å². The molecule has 12 nitrogen and oxygen atoms in total. The minimum absolute atomic E-state index is 0.180. The minimum atomic E-state index is -0.998. The van der Waals surface area contributed by atoms with E-state index < -0.39 is 56.0 Å². The summed E-state index contributed by atoms with van der Waals surface area (Å²) in [4.78, 5) is 75.0. The monoisotopic (exact) mass is 458 g/mol. The first kappa shape index (κ1) is 20.6. The number of carbonyl (C=O) groups is 4. The molecule has 3 aromatic rings. The highest BCUT2D eigenvalue weighted by Gasteiger charge is 2.46. The predicted octanol–water partition coefficient (Wildman–Crippen LogP) is 3.10. The average Bonchev–Trinajstić information content (AvgIpc) is 3.23. The van der Waals surface area contributed by atoms with E-state index in [1.54, 1.807) is 0 Å². The number of nitro benzene ring substituents is 2. The number of benzene rings is 3. The van der Waals surface area contributed by atoms with Crippen LogP contribution in [0.5, 0.6) is 0 Å². The Hall–Kier alpha value is -5.26. The molecule has 0 aromatic heterocycles. The van der Waals surface area contributed by atoms with Gasteiger partial charge in [0.25, 0.3) is 35.0 Å². The number of para-hydroxylation sites is 2. The second-order valence-electron chi connectivity index (χ2n) is 7.29. The maximum Gasteiger partial charge on any atom is 0.283 e. The number of nitrogens with zero attached hydrogens (tertiary/aromatic N) is 4. The molecule has 5 rings (SSSR count). The fraction of sp³-hybridized carbons (Fsp3) is 0. The van der Waals surface area contributed by atoms with E-state index in [0.29, 0.717) is 9.80 Å². The normalized spacial score (nSPS) is 14.5. The molecule has 0 saturated heterocycles. The van der Waals surface area contributed by atoms with E-state index >= 15 is 0 Å². The van der Waals surface area contributed by atoms with Crippen LogP contribution in [0.15, 0.2) is 60.7 Å². The summed E-state index contributed by atoms with van der Waals surface area (Å²) in [6.45, 7) is 0. The van der Waals surface area contributed by atoms with Crippen LogP contribution < -0.4 is 9.80 Å². The van der Waals surface area contributed by atoms with Crippen molar-refractivity contribution in [2.24, 2.45) is 0 Å². The predicted molar refractivity (Wildman–Crippen MR) is 115 cm³/mol. The zero-order chi connectivity index (χ0) is 24.3. The van der Waals surface area contributed by atoms with Gasteiger partial charge in [0.2, 0.25) is 0 Å². The molecule has 34 heavy (non-hydrogen) atoms. The van der Waals surface area contributed by atoms with Gasteiger partial charge in [0.05, 0.1) is 32.3 Å². The number of hydrogen-bond acceptors (Lipinski definition) is 8. The van der Waals surface area contributed by atoms with Crippen molar-refractivity contribution in [1.29, 1.82) is 0 Å². The highest BCUT2D eigenvalue weighted by molar-refractivity contribution is 6.40. The van der Waals surface area contributed by atoms with Gasteiger partial charge in [-0.3, -0.25) is 39.4 Å². The van der Waals surface area contributed by atoms with Gasteiger partial charge < -0.3 is 0 Å². The number of nitro groups is 2. The Labute approximate surface area is 188 Å². The molecule has 0 aliphatic carbocycles. The largest absolute Gasteiger partial charge is 0.283 e. The third kappa shape index (κ3) is 2.65. The number of imide groups is 2. The SMILES string of the molecule is O=C1c2cccc([N+](=O)[O-])c2C(=O)N1c1ccccc1N1C(=O)c2cccc([N+](=O)[O-])c2C1=O. The van der Waals surface area contributed by atoms with Crippen molar-refractivity contribution in [3.05, 3.63) is 103 Å². The van der Waals surface area contributed by atoms with Gasteiger partial charge in [0.1, 0.15) is 11.1 Å². The lowest BCUT2D eigenvalue weighted by Crippen LogP contribution is -2.35. The lowest BCUT2D eigenvalue weighted by Gasteiger charge is -2.22. The van der Waals surface area contributed by atoms with Gasteiger partial charge in [-0.2, -0.15) is 0 Å². The molecular formula is C22H10N4O8. The first-order chi connectivity index (χ1) is 16.2. The summed E-state index contributed by atoms with van der Waals surface area (Å²) in [5, 5.41) is 22.8. The fourth-order valence-electron chi connectivity index (χ4n) is 4.12. The summed E-state index contributed by atoms with van der Waals surface area (Å²) < 4.78 is 0. The van der Waals surface area contributed by atoms with Gasteiger partial charge >= 0.3 is 0 Å². The van der Waals surface area contributed by atoms with Crippen LogP contribution in [0, 0.1) is 20.2 Å². The van der Waals surface area contributed by atoms with Crippen LogP contribution in [0.2, 0.25) is 0 Å². The zero-order valence-electron chi connectivity index (χ0n) is 16.8. The van der Waals surface area contributed by atoms with E-state index in [1.807, 2.05) is 0 Å². The van der Waals surface area contributed by atoms with Crippen molar-refractivity contribution < 1.29 is 29.0 Å². The molecule has 0 unspecified atom stereocenters. The van der Waals surface area contributed by atoms with Crippen LogP contribution >= 0.6 is 0 Å². The molecule has 3 aromatic carbocycles. The Morgan fingerprint density at radius 3 is 1.26 bits per heavy atom. The zero-order valence-corrected chi connectivity index (χ0v) is 16.8. The summed E-state index contributed by atoms with van der Waals surface area (Å²) >= 11 is 0. The Morgan fingerprint density at radius 2 is 0.912 bits per heavy atom. The van der Waals surface area contributed by atoms with Crippen LogP contribution in [0.25, 0.3) is 0 Å². The second kappa shape index (κ2) is 7.13. The second-order valence-corrected chi connectivity index (χ2v) is 7.29. The number of anilines is 2. The maximum atomic E-state index is 13.1. The molecule has 2 aliphatic rings. The van der Waals surface area contributed by atoms with Crippen LogP contribution in [-0.4, -0.2) is 33.5 Å². The van der Waals surface area contributed by atoms with Crippen molar-refractivity contribution in [3.63, 3.8) is 0 Å². The Balaban J connectivity index is 1.66. The smallest absolute Gasteiger partial charge is 0.268 e. The minimum Gasteiger partial charge on any atom is -0.268 e. The molecule has 0 spiro atoms. The fourth-order valence-corrected chi connectivity index (χ4v) is 4.12. The van der Waals surface area contributed by atoms with Crippen LogP contribution in [0.3, 0.4) is 0 Å². The molecular weight excluding hydrogens is 448 g/mol. The molecule has 0 bridgehead atoms. The Bertz CT molecular complexity index is 1400. The van der Waals surface area contributed by atoms with E-state index in [1.165, 1.54) is 48.5 Å². The lowest BCUT2D eigenvalue weighted by atomic mass is 10.1. The lowest BCUT2D eigenvalue weighted by molar-refractivity contribution is -0.385. The summed E-state index contributed by atoms with van der Waals surface area (Å²) in [6.07, 6.45) is 0. The van der Waals surface area contributed by atoms with Crippen molar-refractivity contribution in [1.82, 2.24) is 0 Å². The summed E-state index contributed by atoms with van der Waals surface area (Å²) in [6, 6.07) is 12.7. The van der Waals surface area contributed by atoms with Gasteiger partial charge in [-0.05, 0) is 24.3 Å². The summed E-state index contributed by atoms with van der Waals surface area (Å²) in [5.41, 5.74) is -2.71. The first-order valence-corrected chi connectivity index (χ1v) is 9.65. The van der Waals surface area contributed by atoms with Gasteiger partial charge in [-0.15, -0.1) is 0 Å². The molecule has 2 aliphatic heterocycles. The number of fused-ring (bicyclic) bond motifs is 2. The number of amides is 4. The summed E-state index contributed by atoms with van der Waals surface area (Å²) in [5.74, 6) is -3.75. The third-order valence-corrected chi connectivity index (χ3v) is 5.54. The molecule has 0 radical (unpaired) electrons. The molecule has 2 heterocycles. The van der Waals surface area contributed by atoms with Crippen LogP contribution in [0.4, 0.5) is 22.7 Å². The molecule has 0 N–H and O–H groups in total. The maximum absolute atomic E-state index is 13.1. The number of carbonyl (C=O) groups excluding carboxylic acids is 4. The molecule has 0 fully saturated rings. The van der Waals surface area contributed by atoms with Crippen LogP contribution in [-0.2, 0) is 0 Å². The van der Waals surface area contributed by atoms with Crippen molar-refractivity contribution in [2.45, 2.75) is 0 Å². The molecule has 12 heteroatoms. The van der Waals surface area contributed by atoms with E-state index in [2.05, 4.69) is 0 Å². The topological polar surface area (TPSA) is 161 Å². The van der Waals surface area contributed by atoms with Gasteiger partial charge in [-0.1, -0.05) is 24.3 Å². The molecule has 166 valence electrons. The number of rotatable bonds is 4. The highest BCUT2D eigenvalue weighted by Crippen LogP contribution is 2.41. The quantitative estimate of drug-likeness (QED) is 0.327. The third-order valence-electron chi connectivity index (χ3n) is 5.54. The number of hydrogen-bond donors (Lipinski definition) is 0. The molecule has 0 saturated carbocycles. The van der Waals surface area contributed by atoms with Crippen LogP contribution in [0.1, 0.15) is 41.4 Å². The van der Waals surface area contributed by atoms with E-state index in [-0.39, 0.29) is 22.5 Å². The highest BCUT2D eigenvalue weighted by atomic mass is 16.6. The van der Waals surface area contributed by atoms with E-state index in [0.717, 1.165) is 12.1 Å². The first-order valence-electron chi connectivity index (χ1n) is 9.65. The average molecular weight is 458 g/mol. The molecule has 0 atom stereocenters. The summed E-state index contributed by atoms with van der Waals surface area (Å²) in [7, 11) is 0. The van der Waals surface area contributed by atoms with Crippen molar-refractivity contribution >= 4 is 46.4 Å². The molecule has 4 amide bonds. The van der Waals surface area contributed by atoms with Crippen molar-refractivity contribution in [2.75, 3.05) is 9.80 Å². The van der Waals surface area contributed by atoms with Gasteiger partial charge in [-0.25, -0.2) is 9.80 Å². The Kier molecular flexibility index (Phi) is 4.33. The van der Waals surface area contributed by atoms with E-state index in [9.17, 15) is 39.4 Å². The van der Waals surface area contributed by atoms with Gasteiger partial charge in [0.15, 0.2) is 0 Å². The Morgan fingerprint density at radius 1 is 0.529 bits per heavy atom. The van der Waals surface area contributed by atoms with Gasteiger partial charge in [0, 0.05) is 12.1 Å². The van der Waals surface area contributed by atoms with Crippen molar-refractivity contribution in [3.8, 4) is 0 Å². The standard InChI is InChI=1S/C22H10N4O8/c27-19-11-5-3-9-15(25(31)32)17(11)21(29)23(19)13-7-1-2-8-14(13)24-20(28)12-6-4-10-16(26(33)34)18(12)22(24)30/h1-10H.